The molecule has 0 aromatic carbocycles. The van der Waals surface area contributed by atoms with Gasteiger partial charge in [0, 0.05) is 19.5 Å². The molecule has 0 rings (SSSR count). The van der Waals surface area contributed by atoms with Crippen LogP contribution in [-0.2, 0) is 14.2 Å². The van der Waals surface area contributed by atoms with Gasteiger partial charge in [0.05, 0.1) is 33.0 Å². The normalized spacial score (nSPS) is 7.37. The number of aliphatic hydroxyl groups excluding tert-OH is 1. The zero-order valence-corrected chi connectivity index (χ0v) is 15.9. The van der Waals surface area contributed by atoms with Gasteiger partial charge in [0.2, 0.25) is 0 Å². The Morgan fingerprint density at radius 2 is 1.53 bits per heavy atom. The number of methoxy groups -OCH3 is 2. The maximum Gasteiger partial charge on any atom is 1.00 e. The molecular weight excluding hydrogens is 327 g/mol. The van der Waals surface area contributed by atoms with E-state index in [0.717, 1.165) is 5.33 Å². The zero-order chi connectivity index (χ0) is 13.8. The van der Waals surface area contributed by atoms with Crippen LogP contribution in [0.1, 0.15) is 0 Å². The van der Waals surface area contributed by atoms with Gasteiger partial charge < -0.3 is 24.8 Å². The molecule has 7 heteroatoms. The molecule has 0 aliphatic carbocycles. The summed E-state index contributed by atoms with van der Waals surface area (Å²) in [4.78, 5) is 0. The summed E-state index contributed by atoms with van der Waals surface area (Å²) in [5.41, 5.74) is 0. The second-order valence-corrected chi connectivity index (χ2v) is 3.16. The van der Waals surface area contributed by atoms with Crippen LogP contribution in [-0.4, -0.2) is 63.2 Å². The molecule has 0 saturated carbocycles. The van der Waals surface area contributed by atoms with E-state index < -0.39 is 0 Å². The number of halogens is 1. The molecule has 2 N–H and O–H groups in total. The molecule has 0 heterocycles. The van der Waals surface area contributed by atoms with Crippen LogP contribution in [0.25, 0.3) is 0 Å². The molecule has 19 heavy (non-hydrogen) atoms. The molecule has 0 bridgehead atoms. The molecule has 0 radical (unpaired) electrons. The number of rotatable bonds is 8. The first-order chi connectivity index (χ1) is 8.24. The van der Waals surface area contributed by atoms with Crippen molar-refractivity contribution in [1.82, 2.24) is 0 Å². The van der Waals surface area contributed by atoms with E-state index in [1.54, 1.807) is 26.4 Å². The minimum absolute atomic E-state index is 0. The molecule has 0 spiro atoms. The van der Waals surface area contributed by atoms with Gasteiger partial charge in [-0.15, -0.1) is 13.2 Å². The third-order valence-corrected chi connectivity index (χ3v) is 1.53. The molecular formula is C12H26BrNaO5. The van der Waals surface area contributed by atoms with E-state index in [1.807, 2.05) is 0 Å². The first-order valence-corrected chi connectivity index (χ1v) is 6.31. The summed E-state index contributed by atoms with van der Waals surface area (Å²) in [6.45, 7) is 9.42. The van der Waals surface area contributed by atoms with Gasteiger partial charge in [0.15, 0.2) is 0 Å². The average molecular weight is 353 g/mol. The van der Waals surface area contributed by atoms with E-state index in [0.29, 0.717) is 26.4 Å². The van der Waals surface area contributed by atoms with E-state index in [4.69, 9.17) is 14.6 Å². The van der Waals surface area contributed by atoms with Crippen molar-refractivity contribution < 1.29 is 54.4 Å². The number of hydrogen-bond donors (Lipinski definition) is 1. The average Bonchev–Trinajstić information content (AvgIpc) is 2.37. The van der Waals surface area contributed by atoms with Crippen molar-refractivity contribution >= 4 is 15.9 Å². The minimum Gasteiger partial charge on any atom is -0.870 e. The molecule has 5 nitrogen and oxygen atoms in total. The zero-order valence-electron chi connectivity index (χ0n) is 12.3. The summed E-state index contributed by atoms with van der Waals surface area (Å²) in [5.74, 6) is 0. The summed E-state index contributed by atoms with van der Waals surface area (Å²) in [6.07, 6.45) is 3.51. The van der Waals surface area contributed by atoms with E-state index in [-0.39, 0.29) is 41.6 Å². The molecule has 0 fully saturated rings. The van der Waals surface area contributed by atoms with Crippen LogP contribution >= 0.6 is 15.9 Å². The minimum atomic E-state index is 0. The van der Waals surface area contributed by atoms with Gasteiger partial charge in [-0.3, -0.25) is 0 Å². The van der Waals surface area contributed by atoms with Crippen LogP contribution in [0, 0.1) is 0 Å². The van der Waals surface area contributed by atoms with Gasteiger partial charge in [-0.05, 0) is 0 Å². The predicted octanol–water partition coefficient (Wildman–Crippen LogP) is -1.14. The Bertz CT molecular complexity index is 137. The van der Waals surface area contributed by atoms with E-state index >= 15 is 0 Å². The van der Waals surface area contributed by atoms with Crippen LogP contribution < -0.4 is 29.6 Å². The fourth-order valence-corrected chi connectivity index (χ4v) is 0.400. The van der Waals surface area contributed by atoms with Crippen LogP contribution in [0.5, 0.6) is 0 Å². The van der Waals surface area contributed by atoms with Crippen LogP contribution in [0.3, 0.4) is 0 Å². The Morgan fingerprint density at radius 1 is 1.05 bits per heavy atom. The fourth-order valence-electron chi connectivity index (χ4n) is 0.400. The molecule has 0 aliphatic rings. The first kappa shape index (κ1) is 31.9. The van der Waals surface area contributed by atoms with E-state index in [2.05, 4.69) is 33.8 Å². The molecule has 112 valence electrons. The molecule has 0 amide bonds. The summed E-state index contributed by atoms with van der Waals surface area (Å²) in [6, 6.07) is 0. The van der Waals surface area contributed by atoms with Crippen molar-refractivity contribution in [3.05, 3.63) is 25.3 Å². The first-order valence-electron chi connectivity index (χ1n) is 5.19. The van der Waals surface area contributed by atoms with E-state index in [1.165, 1.54) is 0 Å². The van der Waals surface area contributed by atoms with Gasteiger partial charge in [0.1, 0.15) is 0 Å². The van der Waals surface area contributed by atoms with Crippen molar-refractivity contribution in [2.45, 2.75) is 0 Å². The van der Waals surface area contributed by atoms with Crippen LogP contribution in [0.4, 0.5) is 0 Å². The Kier molecular flexibility index (Phi) is 71.9. The molecule has 0 aromatic rings. The molecule has 0 aromatic heterocycles. The van der Waals surface area contributed by atoms with Gasteiger partial charge in [0.25, 0.3) is 0 Å². The maximum atomic E-state index is 7.94. The van der Waals surface area contributed by atoms with Gasteiger partial charge >= 0.3 is 29.6 Å². The number of ether oxygens (including phenoxy) is 3. The standard InChI is InChI=1S/C6H12O2.C3H5Br.C3H8O2.Na.H2O/c1-3-4-8-6-5-7-2;1-2-3-4;1-5-3-2-4;;/h3H,1,4-6H2,2H3;2H,1,3H2;4H,2-3H2,1H3;;1H2/q;;;+1;/p-1. The Morgan fingerprint density at radius 3 is 1.74 bits per heavy atom. The second-order valence-electron chi connectivity index (χ2n) is 2.52. The Labute approximate surface area is 147 Å². The molecule has 0 unspecified atom stereocenters. The third kappa shape index (κ3) is 68.7. The van der Waals surface area contributed by atoms with Gasteiger partial charge in [-0.2, -0.15) is 0 Å². The van der Waals surface area contributed by atoms with Crippen molar-refractivity contribution in [1.29, 1.82) is 0 Å². The van der Waals surface area contributed by atoms with Gasteiger partial charge in [-0.25, -0.2) is 0 Å². The summed E-state index contributed by atoms with van der Waals surface area (Å²) in [7, 11) is 3.20. The largest absolute Gasteiger partial charge is 1.00 e. The number of alkyl halides is 1. The monoisotopic (exact) mass is 352 g/mol. The third-order valence-electron chi connectivity index (χ3n) is 1.07. The Hall–Kier alpha value is 0.760. The van der Waals surface area contributed by atoms with Crippen molar-refractivity contribution in [3.8, 4) is 0 Å². The summed E-state index contributed by atoms with van der Waals surface area (Å²) in [5, 5.41) is 8.84. The van der Waals surface area contributed by atoms with Crippen LogP contribution in [0.15, 0.2) is 25.3 Å². The fraction of sp³-hybridized carbons (Fsp3) is 0.667. The second kappa shape index (κ2) is 42.8. The quantitative estimate of drug-likeness (QED) is 0.258. The summed E-state index contributed by atoms with van der Waals surface area (Å²) < 4.78 is 14.2. The maximum absolute atomic E-state index is 7.94. The van der Waals surface area contributed by atoms with Crippen LogP contribution in [0.2, 0.25) is 0 Å². The topological polar surface area (TPSA) is 77.9 Å². The molecule has 0 atom stereocenters. The van der Waals surface area contributed by atoms with Crippen molar-refractivity contribution in [2.24, 2.45) is 0 Å². The van der Waals surface area contributed by atoms with E-state index in [9.17, 15) is 0 Å². The summed E-state index contributed by atoms with van der Waals surface area (Å²) >= 11 is 3.13. The number of allylic oxidation sites excluding steroid dienone is 1. The van der Waals surface area contributed by atoms with Crippen molar-refractivity contribution in [2.75, 3.05) is 52.6 Å². The van der Waals surface area contributed by atoms with Gasteiger partial charge in [-0.1, -0.05) is 28.1 Å². The SMILES string of the molecule is C=CCBr.C=CCOCCOC.COCCO.[Na+].[OH-]. The smallest absolute Gasteiger partial charge is 0.870 e. The number of aliphatic hydroxyl groups is 1. The molecule has 0 saturated heterocycles. The predicted molar refractivity (Wildman–Crippen MR) is 77.8 cm³/mol. The van der Waals surface area contributed by atoms with Crippen molar-refractivity contribution in [3.63, 3.8) is 0 Å². The molecule has 0 aliphatic heterocycles. The Balaban J connectivity index is -0.0000000524. The number of hydrogen-bond acceptors (Lipinski definition) is 5.